The van der Waals surface area contributed by atoms with Crippen molar-refractivity contribution in [3.8, 4) is 0 Å². The van der Waals surface area contributed by atoms with Crippen LogP contribution in [0.3, 0.4) is 0 Å². The lowest BCUT2D eigenvalue weighted by molar-refractivity contribution is -0.121. The molecule has 1 atom stereocenters. The summed E-state index contributed by atoms with van der Waals surface area (Å²) in [6.07, 6.45) is 7.32. The predicted molar refractivity (Wildman–Crippen MR) is 94.2 cm³/mol. The van der Waals surface area contributed by atoms with Crippen molar-refractivity contribution in [3.63, 3.8) is 0 Å². The van der Waals surface area contributed by atoms with Crippen LogP contribution in [0.2, 0.25) is 0 Å². The summed E-state index contributed by atoms with van der Waals surface area (Å²) in [4.78, 5) is 34.7. The number of aryl methyl sites for hydroxylation is 1. The molecule has 25 heavy (non-hydrogen) atoms. The second kappa shape index (κ2) is 10.1. The first-order chi connectivity index (χ1) is 12.1. The van der Waals surface area contributed by atoms with Gasteiger partial charge in [0, 0.05) is 38.9 Å². The number of rotatable bonds is 9. The van der Waals surface area contributed by atoms with Crippen molar-refractivity contribution < 1.29 is 14.3 Å². The van der Waals surface area contributed by atoms with Crippen LogP contribution >= 0.6 is 0 Å². The van der Waals surface area contributed by atoms with E-state index < -0.39 is 0 Å². The summed E-state index contributed by atoms with van der Waals surface area (Å²) in [5.41, 5.74) is 1.06. The molecule has 2 heterocycles. The highest BCUT2D eigenvalue weighted by Crippen LogP contribution is 2.15. The molecule has 1 unspecified atom stereocenters. The number of aromatic nitrogens is 2. The van der Waals surface area contributed by atoms with E-state index in [0.29, 0.717) is 25.3 Å². The molecule has 1 aromatic heterocycles. The SMILES string of the molecule is CCCCNC(=O)CCN(CC1CCCO1)C(=O)c1cnc(C)cn1. The van der Waals surface area contributed by atoms with Crippen LogP contribution in [0, 0.1) is 6.92 Å². The first-order valence-corrected chi connectivity index (χ1v) is 9.06. The first-order valence-electron chi connectivity index (χ1n) is 9.06. The van der Waals surface area contributed by atoms with Crippen molar-refractivity contribution in [1.29, 1.82) is 0 Å². The zero-order chi connectivity index (χ0) is 18.1. The fourth-order valence-electron chi connectivity index (χ4n) is 2.70. The molecule has 0 aromatic carbocycles. The van der Waals surface area contributed by atoms with Gasteiger partial charge in [-0.05, 0) is 26.2 Å². The summed E-state index contributed by atoms with van der Waals surface area (Å²) in [5, 5.41) is 2.88. The standard InChI is InChI=1S/C18H28N4O3/c1-3-4-8-19-17(23)7-9-22(13-15-6-5-10-25-15)18(24)16-12-20-14(2)11-21-16/h11-12,15H,3-10,13H2,1-2H3,(H,19,23). The van der Waals surface area contributed by atoms with E-state index in [-0.39, 0.29) is 24.3 Å². The maximum absolute atomic E-state index is 12.8. The largest absolute Gasteiger partial charge is 0.376 e. The van der Waals surface area contributed by atoms with Crippen molar-refractivity contribution in [3.05, 3.63) is 23.8 Å². The van der Waals surface area contributed by atoms with Gasteiger partial charge < -0.3 is 15.0 Å². The van der Waals surface area contributed by atoms with Gasteiger partial charge in [0.25, 0.3) is 5.91 Å². The molecule has 1 N–H and O–H groups in total. The van der Waals surface area contributed by atoms with Crippen LogP contribution in [0.15, 0.2) is 12.4 Å². The van der Waals surface area contributed by atoms with Crippen LogP contribution in [0.4, 0.5) is 0 Å². The smallest absolute Gasteiger partial charge is 0.274 e. The minimum Gasteiger partial charge on any atom is -0.376 e. The minimum atomic E-state index is -0.204. The van der Waals surface area contributed by atoms with Crippen molar-refractivity contribution in [2.75, 3.05) is 26.2 Å². The molecule has 0 spiro atoms. The molecule has 2 amide bonds. The van der Waals surface area contributed by atoms with E-state index in [1.54, 1.807) is 11.1 Å². The van der Waals surface area contributed by atoms with Gasteiger partial charge in [0.05, 0.1) is 18.0 Å². The molecule has 0 bridgehead atoms. The monoisotopic (exact) mass is 348 g/mol. The summed E-state index contributed by atoms with van der Waals surface area (Å²) in [6, 6.07) is 0. The number of carbonyl (C=O) groups excluding carboxylic acids is 2. The minimum absolute atomic E-state index is 0.0329. The summed E-state index contributed by atoms with van der Waals surface area (Å²) in [6.45, 7) is 6.15. The van der Waals surface area contributed by atoms with E-state index in [1.165, 1.54) is 6.20 Å². The van der Waals surface area contributed by atoms with Gasteiger partial charge in [-0.2, -0.15) is 0 Å². The Kier molecular flexibility index (Phi) is 7.78. The van der Waals surface area contributed by atoms with E-state index in [4.69, 9.17) is 4.74 Å². The van der Waals surface area contributed by atoms with Crippen molar-refractivity contribution >= 4 is 11.8 Å². The summed E-state index contributed by atoms with van der Waals surface area (Å²) < 4.78 is 5.64. The van der Waals surface area contributed by atoms with E-state index in [9.17, 15) is 9.59 Å². The molecule has 138 valence electrons. The normalized spacial score (nSPS) is 16.6. The lowest BCUT2D eigenvalue weighted by atomic mass is 10.2. The van der Waals surface area contributed by atoms with Crippen LogP contribution in [0.1, 0.15) is 55.2 Å². The van der Waals surface area contributed by atoms with Crippen molar-refractivity contribution in [2.45, 2.75) is 52.1 Å². The van der Waals surface area contributed by atoms with Gasteiger partial charge >= 0.3 is 0 Å². The number of ether oxygens (including phenoxy) is 1. The zero-order valence-corrected chi connectivity index (χ0v) is 15.2. The Labute approximate surface area is 149 Å². The van der Waals surface area contributed by atoms with Gasteiger partial charge in [0.1, 0.15) is 5.69 Å². The summed E-state index contributed by atoms with van der Waals surface area (Å²) in [7, 11) is 0. The van der Waals surface area contributed by atoms with Crippen LogP contribution in [0.5, 0.6) is 0 Å². The highest BCUT2D eigenvalue weighted by Gasteiger charge is 2.24. The van der Waals surface area contributed by atoms with E-state index >= 15 is 0 Å². The van der Waals surface area contributed by atoms with Gasteiger partial charge in [0.2, 0.25) is 5.91 Å². The Morgan fingerprint density at radius 1 is 1.36 bits per heavy atom. The second-order valence-electron chi connectivity index (χ2n) is 6.38. The molecule has 1 saturated heterocycles. The fourth-order valence-corrected chi connectivity index (χ4v) is 2.70. The predicted octanol–water partition coefficient (Wildman–Crippen LogP) is 1.71. The highest BCUT2D eigenvalue weighted by atomic mass is 16.5. The maximum Gasteiger partial charge on any atom is 0.274 e. The number of amides is 2. The molecule has 7 heteroatoms. The van der Waals surface area contributed by atoms with Crippen LogP contribution in [-0.2, 0) is 9.53 Å². The third kappa shape index (κ3) is 6.42. The van der Waals surface area contributed by atoms with Gasteiger partial charge in [-0.1, -0.05) is 13.3 Å². The van der Waals surface area contributed by atoms with Crippen molar-refractivity contribution in [1.82, 2.24) is 20.2 Å². The molecule has 2 rings (SSSR count). The van der Waals surface area contributed by atoms with Gasteiger partial charge in [-0.15, -0.1) is 0 Å². The quantitative estimate of drug-likeness (QED) is 0.687. The number of nitrogens with one attached hydrogen (secondary N) is 1. The topological polar surface area (TPSA) is 84.4 Å². The second-order valence-corrected chi connectivity index (χ2v) is 6.38. The number of nitrogens with zero attached hydrogens (tertiary/aromatic N) is 3. The first kappa shape index (κ1) is 19.3. The molecule has 1 aliphatic rings. The molecule has 0 saturated carbocycles. The number of carbonyl (C=O) groups is 2. The average molecular weight is 348 g/mol. The fraction of sp³-hybridized carbons (Fsp3) is 0.667. The van der Waals surface area contributed by atoms with Gasteiger partial charge in [-0.25, -0.2) is 4.98 Å². The Balaban J connectivity index is 1.95. The summed E-state index contributed by atoms with van der Waals surface area (Å²) >= 11 is 0. The Morgan fingerprint density at radius 2 is 2.20 bits per heavy atom. The zero-order valence-electron chi connectivity index (χ0n) is 15.2. The van der Waals surface area contributed by atoms with E-state index in [0.717, 1.165) is 38.0 Å². The number of unbranched alkanes of at least 4 members (excludes halogenated alkanes) is 1. The lowest BCUT2D eigenvalue weighted by Crippen LogP contribution is -2.40. The van der Waals surface area contributed by atoms with Crippen LogP contribution in [-0.4, -0.2) is 59.0 Å². The third-order valence-electron chi connectivity index (χ3n) is 4.20. The van der Waals surface area contributed by atoms with E-state index in [1.807, 2.05) is 6.92 Å². The molecule has 1 aromatic rings. The van der Waals surface area contributed by atoms with Crippen LogP contribution in [0.25, 0.3) is 0 Å². The molecule has 0 aliphatic carbocycles. The molecule has 0 radical (unpaired) electrons. The maximum atomic E-state index is 12.8. The van der Waals surface area contributed by atoms with Crippen LogP contribution < -0.4 is 5.32 Å². The van der Waals surface area contributed by atoms with Gasteiger partial charge in [0.15, 0.2) is 0 Å². The highest BCUT2D eigenvalue weighted by molar-refractivity contribution is 5.92. The molecule has 7 nitrogen and oxygen atoms in total. The number of hydrogen-bond acceptors (Lipinski definition) is 5. The van der Waals surface area contributed by atoms with Crippen molar-refractivity contribution in [2.24, 2.45) is 0 Å². The van der Waals surface area contributed by atoms with E-state index in [2.05, 4.69) is 22.2 Å². The average Bonchev–Trinajstić information content (AvgIpc) is 3.12. The Hall–Kier alpha value is -2.02. The molecular weight excluding hydrogens is 320 g/mol. The number of hydrogen-bond donors (Lipinski definition) is 1. The Morgan fingerprint density at radius 3 is 2.84 bits per heavy atom. The lowest BCUT2D eigenvalue weighted by Gasteiger charge is -2.25. The molecule has 1 aliphatic heterocycles. The van der Waals surface area contributed by atoms with Gasteiger partial charge in [-0.3, -0.25) is 14.6 Å². The third-order valence-corrected chi connectivity index (χ3v) is 4.20. The summed E-state index contributed by atoms with van der Waals surface area (Å²) in [5.74, 6) is -0.238. The molecular formula is C18H28N4O3. The Bertz CT molecular complexity index is 556. The molecule has 1 fully saturated rings.